The van der Waals surface area contributed by atoms with Crippen LogP contribution in [0.25, 0.3) is 0 Å². The minimum Gasteiger partial charge on any atom is -0.477 e. The van der Waals surface area contributed by atoms with E-state index in [1.165, 1.54) is 0 Å². The number of hydrogen-bond donors (Lipinski definition) is 13. The molecule has 3 fully saturated rings. The van der Waals surface area contributed by atoms with Crippen LogP contribution in [0, 0.1) is 0 Å². The Morgan fingerprint density at radius 3 is 1.91 bits per heavy atom. The number of carbonyl (C=O) groups excluding carboxylic acids is 2. The molecule has 0 saturated carbocycles. The zero-order chi connectivity index (χ0) is 34.7. The number of aliphatic hydroxyl groups excluding tert-OH is 10. The van der Waals surface area contributed by atoms with Gasteiger partial charge in [-0.3, -0.25) is 9.59 Å². The summed E-state index contributed by atoms with van der Waals surface area (Å²) in [6.45, 7) is -0.777. The molecule has 21 nitrogen and oxygen atoms in total. The SMILES string of the molecule is CC(=O)N[C@@H]1[C@@H](O[C@@H]2O[C@H](CO)[C@H](O)[C@H](O[C@@]3(C(=O)O)C[C@H](O)[C@@H](NC(C)=O)[C@H]([C@H](O)[C@H](O)CO)O3)[C@H]2O)[C@@H](O)[C@@H](CO)O[C@H]1O. The lowest BCUT2D eigenvalue weighted by Crippen LogP contribution is -2.71. The van der Waals surface area contributed by atoms with Crippen molar-refractivity contribution in [3.05, 3.63) is 0 Å². The molecule has 3 heterocycles. The summed E-state index contributed by atoms with van der Waals surface area (Å²) in [6, 6.07) is -3.08. The number of ether oxygens (including phenoxy) is 5. The molecular weight excluding hydrogens is 632 g/mol. The van der Waals surface area contributed by atoms with Crippen molar-refractivity contribution >= 4 is 17.8 Å². The molecule has 0 aliphatic carbocycles. The fraction of sp³-hybridized carbons (Fsp3) is 0.880. The van der Waals surface area contributed by atoms with Crippen LogP contribution in [0.3, 0.4) is 0 Å². The van der Waals surface area contributed by atoms with Crippen LogP contribution in [-0.2, 0) is 38.1 Å². The fourth-order valence-electron chi connectivity index (χ4n) is 5.56. The maximum atomic E-state index is 12.6. The maximum Gasteiger partial charge on any atom is 0.364 e. The molecule has 3 aliphatic heterocycles. The van der Waals surface area contributed by atoms with Gasteiger partial charge in [-0.05, 0) is 0 Å². The highest BCUT2D eigenvalue weighted by molar-refractivity contribution is 5.76. The van der Waals surface area contributed by atoms with E-state index in [0.717, 1.165) is 13.8 Å². The van der Waals surface area contributed by atoms with Gasteiger partial charge in [-0.1, -0.05) is 0 Å². The van der Waals surface area contributed by atoms with E-state index in [-0.39, 0.29) is 0 Å². The number of aliphatic hydroxyl groups is 10. The Labute approximate surface area is 260 Å². The van der Waals surface area contributed by atoms with Crippen LogP contribution in [0.4, 0.5) is 0 Å². The zero-order valence-corrected chi connectivity index (χ0v) is 24.7. The van der Waals surface area contributed by atoms with E-state index in [2.05, 4.69) is 10.6 Å². The van der Waals surface area contributed by atoms with Crippen LogP contribution in [0.15, 0.2) is 0 Å². The predicted octanol–water partition coefficient (Wildman–Crippen LogP) is -8.08. The quantitative estimate of drug-likeness (QED) is 0.0913. The highest BCUT2D eigenvalue weighted by Crippen LogP contribution is 2.38. The van der Waals surface area contributed by atoms with Crippen molar-refractivity contribution in [3.8, 4) is 0 Å². The standard InChI is InChI=1S/C25H42N2O19/c1-7(31)26-13-9(33)3-25(24(40)41,45-20(13)15(35)10(34)4-28)46-21-17(37)12(6-30)43-23(18(21)38)44-19-14(27-8(2)32)22(39)42-11(5-29)16(19)36/h9-23,28-30,33-39H,3-6H2,1-2H3,(H,26,31)(H,27,32)(H,40,41)/t9-,10+,11+,12+,13+,14+,15+,16-,17-,18+,19+,20+,21-,22+,23-,25+/m0/s1. The molecule has 0 unspecified atom stereocenters. The summed E-state index contributed by atoms with van der Waals surface area (Å²) < 4.78 is 27.3. The minimum atomic E-state index is -3.04. The molecule has 0 radical (unpaired) electrons. The van der Waals surface area contributed by atoms with E-state index in [1.807, 2.05) is 0 Å². The van der Waals surface area contributed by atoms with Gasteiger partial charge in [0.25, 0.3) is 5.79 Å². The summed E-state index contributed by atoms with van der Waals surface area (Å²) in [7, 11) is 0. The Morgan fingerprint density at radius 2 is 1.39 bits per heavy atom. The van der Waals surface area contributed by atoms with E-state index >= 15 is 0 Å². The van der Waals surface area contributed by atoms with Crippen LogP contribution >= 0.6 is 0 Å². The lowest BCUT2D eigenvalue weighted by molar-refractivity contribution is -0.380. The van der Waals surface area contributed by atoms with Crippen LogP contribution in [-0.4, -0.2) is 191 Å². The predicted molar refractivity (Wildman–Crippen MR) is 142 cm³/mol. The third kappa shape index (κ3) is 8.08. The molecule has 2 amide bonds. The first-order valence-corrected chi connectivity index (χ1v) is 14.2. The van der Waals surface area contributed by atoms with Crippen molar-refractivity contribution in [2.75, 3.05) is 19.8 Å². The first kappa shape index (κ1) is 38.3. The number of carboxylic acid groups (broad SMARTS) is 1. The largest absolute Gasteiger partial charge is 0.477 e. The van der Waals surface area contributed by atoms with Crippen molar-refractivity contribution in [2.24, 2.45) is 0 Å². The highest BCUT2D eigenvalue weighted by atomic mass is 16.8. The molecule has 46 heavy (non-hydrogen) atoms. The number of rotatable bonds is 12. The van der Waals surface area contributed by atoms with Gasteiger partial charge in [0.05, 0.1) is 32.0 Å². The summed E-state index contributed by atoms with van der Waals surface area (Å²) >= 11 is 0. The van der Waals surface area contributed by atoms with Gasteiger partial charge in [-0.2, -0.15) is 0 Å². The Kier molecular flexibility index (Phi) is 13.1. The number of aliphatic carboxylic acids is 1. The Hall–Kier alpha value is -2.19. The average Bonchev–Trinajstić information content (AvgIpc) is 2.99. The van der Waals surface area contributed by atoms with Crippen molar-refractivity contribution in [3.63, 3.8) is 0 Å². The number of hydrogen-bond acceptors (Lipinski definition) is 18. The maximum absolute atomic E-state index is 12.6. The number of amides is 2. The smallest absolute Gasteiger partial charge is 0.364 e. The molecule has 0 aromatic rings. The molecule has 3 aliphatic rings. The lowest BCUT2D eigenvalue weighted by Gasteiger charge is -2.50. The lowest BCUT2D eigenvalue weighted by atomic mass is 9.88. The summed E-state index contributed by atoms with van der Waals surface area (Å²) in [5.74, 6) is -6.50. The second kappa shape index (κ2) is 15.8. The van der Waals surface area contributed by atoms with E-state index in [1.54, 1.807) is 0 Å². The molecule has 3 saturated heterocycles. The van der Waals surface area contributed by atoms with Crippen LogP contribution < -0.4 is 10.6 Å². The second-order valence-electron chi connectivity index (χ2n) is 11.2. The number of carboxylic acids is 1. The fourth-order valence-corrected chi connectivity index (χ4v) is 5.56. The van der Waals surface area contributed by atoms with Crippen LogP contribution in [0.5, 0.6) is 0 Å². The van der Waals surface area contributed by atoms with Gasteiger partial charge in [-0.15, -0.1) is 0 Å². The van der Waals surface area contributed by atoms with Gasteiger partial charge >= 0.3 is 5.97 Å². The topological polar surface area (TPSA) is 344 Å². The molecule has 266 valence electrons. The number of carbonyl (C=O) groups is 3. The Balaban J connectivity index is 1.98. The normalized spacial score (nSPS) is 42.9. The first-order valence-electron chi connectivity index (χ1n) is 14.2. The third-order valence-electron chi connectivity index (χ3n) is 7.87. The van der Waals surface area contributed by atoms with Crippen LogP contribution in [0.1, 0.15) is 20.3 Å². The van der Waals surface area contributed by atoms with Crippen molar-refractivity contribution in [1.82, 2.24) is 10.6 Å². The molecule has 3 rings (SSSR count). The monoisotopic (exact) mass is 674 g/mol. The van der Waals surface area contributed by atoms with Gasteiger partial charge in [0.2, 0.25) is 11.8 Å². The minimum absolute atomic E-state index is 0.720. The molecule has 0 bridgehead atoms. The molecular formula is C25H42N2O19. The van der Waals surface area contributed by atoms with Crippen molar-refractivity contribution in [1.29, 1.82) is 0 Å². The number of nitrogens with one attached hydrogen (secondary N) is 2. The molecule has 21 heteroatoms. The van der Waals surface area contributed by atoms with E-state index in [4.69, 9.17) is 23.7 Å². The van der Waals surface area contributed by atoms with E-state index in [0.29, 0.717) is 0 Å². The molecule has 0 spiro atoms. The van der Waals surface area contributed by atoms with Crippen molar-refractivity contribution in [2.45, 2.75) is 118 Å². The van der Waals surface area contributed by atoms with Gasteiger partial charge in [0.15, 0.2) is 12.6 Å². The molecule has 0 aromatic carbocycles. The Morgan fingerprint density at radius 1 is 0.848 bits per heavy atom. The van der Waals surface area contributed by atoms with E-state index < -0.39 is 142 Å². The third-order valence-corrected chi connectivity index (χ3v) is 7.87. The summed E-state index contributed by atoms with van der Waals surface area (Å²) in [6.07, 6.45) is -25.8. The summed E-state index contributed by atoms with van der Waals surface area (Å²) in [5.41, 5.74) is 0. The zero-order valence-electron chi connectivity index (χ0n) is 24.7. The van der Waals surface area contributed by atoms with Gasteiger partial charge < -0.3 is 90.5 Å². The summed E-state index contributed by atoms with van der Waals surface area (Å²) in [4.78, 5) is 36.2. The van der Waals surface area contributed by atoms with Gasteiger partial charge in [-0.25, -0.2) is 4.79 Å². The van der Waals surface area contributed by atoms with Gasteiger partial charge in [0, 0.05) is 20.3 Å². The van der Waals surface area contributed by atoms with Crippen molar-refractivity contribution < 1.29 is 94.2 Å². The Bertz CT molecular complexity index is 1050. The highest BCUT2D eigenvalue weighted by Gasteiger charge is 2.60. The van der Waals surface area contributed by atoms with E-state index in [9.17, 15) is 70.6 Å². The molecule has 16 atom stereocenters. The molecule has 0 aromatic heterocycles. The second-order valence-corrected chi connectivity index (χ2v) is 11.2. The summed E-state index contributed by atoms with van der Waals surface area (Å²) in [5, 5.41) is 118. The first-order chi connectivity index (χ1) is 21.5. The molecule has 13 N–H and O–H groups in total. The van der Waals surface area contributed by atoms with Crippen LogP contribution in [0.2, 0.25) is 0 Å². The average molecular weight is 675 g/mol. The van der Waals surface area contributed by atoms with Gasteiger partial charge in [0.1, 0.15) is 67.1 Å².